The first-order valence-corrected chi connectivity index (χ1v) is 8.64. The predicted molar refractivity (Wildman–Crippen MR) is 70.9 cm³/mol. The van der Waals surface area contributed by atoms with Crippen molar-refractivity contribution < 1.29 is 13.8 Å². The van der Waals surface area contributed by atoms with E-state index >= 15 is 0 Å². The van der Waals surface area contributed by atoms with Gasteiger partial charge in [-0.3, -0.25) is 0 Å². The molecule has 2 rings (SSSR count). The third kappa shape index (κ3) is 3.34. The summed E-state index contributed by atoms with van der Waals surface area (Å²) in [5, 5.41) is 0. The van der Waals surface area contributed by atoms with Crippen LogP contribution >= 0.6 is 7.14 Å². The fourth-order valence-electron chi connectivity index (χ4n) is 2.20. The summed E-state index contributed by atoms with van der Waals surface area (Å²) < 4.78 is 18.2. The van der Waals surface area contributed by atoms with Crippen molar-refractivity contribution >= 4 is 7.14 Å². The van der Waals surface area contributed by atoms with Crippen LogP contribution in [0, 0.1) is 0 Å². The molecule has 0 bridgehead atoms. The zero-order valence-electron chi connectivity index (χ0n) is 11.1. The van der Waals surface area contributed by atoms with Gasteiger partial charge in [0.2, 0.25) is 0 Å². The highest BCUT2D eigenvalue weighted by Gasteiger charge is 2.27. The lowest BCUT2D eigenvalue weighted by Crippen LogP contribution is -2.32. The molecule has 0 unspecified atom stereocenters. The minimum Gasteiger partial charge on any atom is -0.486 e. The number of hydrogen-bond acceptors (Lipinski definition) is 2. The SMILES string of the molecule is C[N+]1(C)Cc2ccc(OCP(C)(C)=O)cc2C1. The Kier molecular flexibility index (Phi) is 3.09. The van der Waals surface area contributed by atoms with E-state index in [0.29, 0.717) is 6.35 Å². The lowest BCUT2D eigenvalue weighted by Gasteiger charge is -2.22. The van der Waals surface area contributed by atoms with Crippen LogP contribution in [-0.4, -0.2) is 38.3 Å². The van der Waals surface area contributed by atoms with Gasteiger partial charge in [-0.15, -0.1) is 0 Å². The van der Waals surface area contributed by atoms with Crippen LogP contribution in [0.15, 0.2) is 18.2 Å². The van der Waals surface area contributed by atoms with Crippen molar-refractivity contribution in [1.82, 2.24) is 0 Å². The first-order chi connectivity index (χ1) is 7.75. The Labute approximate surface area is 103 Å². The summed E-state index contributed by atoms with van der Waals surface area (Å²) in [6.07, 6.45) is 0.323. The Balaban J connectivity index is 2.11. The van der Waals surface area contributed by atoms with Crippen molar-refractivity contribution in [2.75, 3.05) is 33.8 Å². The Hall–Kier alpha value is -0.790. The number of quaternary nitrogens is 1. The number of ether oxygens (including phenoxy) is 1. The Morgan fingerprint density at radius 3 is 2.53 bits per heavy atom. The first-order valence-electron chi connectivity index (χ1n) is 5.86. The predicted octanol–water partition coefficient (Wildman–Crippen LogP) is 2.74. The van der Waals surface area contributed by atoms with E-state index in [1.54, 1.807) is 13.3 Å². The largest absolute Gasteiger partial charge is 0.486 e. The first kappa shape index (κ1) is 12.7. The molecule has 0 spiro atoms. The van der Waals surface area contributed by atoms with Gasteiger partial charge in [-0.25, -0.2) is 0 Å². The zero-order chi connectivity index (χ0) is 12.7. The number of hydrogen-bond donors (Lipinski definition) is 0. The van der Waals surface area contributed by atoms with E-state index in [1.807, 2.05) is 6.07 Å². The van der Waals surface area contributed by atoms with Crippen molar-refractivity contribution in [2.45, 2.75) is 13.1 Å². The summed E-state index contributed by atoms with van der Waals surface area (Å²) in [6.45, 7) is 5.62. The van der Waals surface area contributed by atoms with Crippen molar-refractivity contribution in [1.29, 1.82) is 0 Å². The van der Waals surface area contributed by atoms with Crippen LogP contribution in [0.5, 0.6) is 5.75 Å². The average Bonchev–Trinajstić information content (AvgIpc) is 2.46. The molecule has 0 aromatic heterocycles. The van der Waals surface area contributed by atoms with Gasteiger partial charge in [0, 0.05) is 11.1 Å². The monoisotopic (exact) mass is 254 g/mol. The molecule has 0 fully saturated rings. The molecule has 0 saturated heterocycles. The van der Waals surface area contributed by atoms with Gasteiger partial charge >= 0.3 is 0 Å². The molecule has 0 atom stereocenters. The zero-order valence-corrected chi connectivity index (χ0v) is 12.0. The molecule has 0 N–H and O–H groups in total. The highest BCUT2D eigenvalue weighted by molar-refractivity contribution is 7.62. The molecule has 0 amide bonds. The molecule has 17 heavy (non-hydrogen) atoms. The van der Waals surface area contributed by atoms with Crippen LogP contribution in [-0.2, 0) is 17.7 Å². The van der Waals surface area contributed by atoms with Crippen molar-refractivity contribution in [2.24, 2.45) is 0 Å². The number of benzene rings is 1. The molecule has 94 valence electrons. The maximum Gasteiger partial charge on any atom is 0.140 e. The number of rotatable bonds is 3. The molecule has 1 heterocycles. The van der Waals surface area contributed by atoms with Gasteiger partial charge in [0.25, 0.3) is 0 Å². The molecule has 0 radical (unpaired) electrons. The van der Waals surface area contributed by atoms with E-state index in [0.717, 1.165) is 23.3 Å². The summed E-state index contributed by atoms with van der Waals surface area (Å²) in [7, 11) is 2.36. The summed E-state index contributed by atoms with van der Waals surface area (Å²) in [5.41, 5.74) is 2.76. The number of nitrogens with zero attached hydrogens (tertiary/aromatic N) is 1. The fourth-order valence-corrected chi connectivity index (χ4v) is 2.66. The van der Waals surface area contributed by atoms with Crippen LogP contribution in [0.2, 0.25) is 0 Å². The van der Waals surface area contributed by atoms with E-state index in [1.165, 1.54) is 11.1 Å². The third-order valence-electron chi connectivity index (χ3n) is 2.92. The molecule has 1 aromatic rings. The van der Waals surface area contributed by atoms with E-state index < -0.39 is 7.14 Å². The minimum absolute atomic E-state index is 0.323. The maximum absolute atomic E-state index is 11.6. The fraction of sp³-hybridized carbons (Fsp3) is 0.538. The molecule has 4 heteroatoms. The standard InChI is InChI=1S/C13H21NO2P/c1-14(2)8-11-5-6-13(7-12(11)9-14)16-10-17(3,4)15/h5-7H,8-10H2,1-4H3/q+1. The molecular formula is C13H21NO2P+. The molecule has 1 aromatic carbocycles. The summed E-state index contributed by atoms with van der Waals surface area (Å²) >= 11 is 0. The van der Waals surface area contributed by atoms with E-state index in [-0.39, 0.29) is 0 Å². The second-order valence-electron chi connectivity index (χ2n) is 6.03. The van der Waals surface area contributed by atoms with Crippen LogP contribution < -0.4 is 4.74 Å². The minimum atomic E-state index is -2.10. The third-order valence-corrected chi connectivity index (χ3v) is 3.67. The molecule has 1 aliphatic heterocycles. The van der Waals surface area contributed by atoms with E-state index in [4.69, 9.17) is 4.74 Å². The van der Waals surface area contributed by atoms with E-state index in [9.17, 15) is 4.57 Å². The van der Waals surface area contributed by atoms with Gasteiger partial charge in [-0.05, 0) is 31.5 Å². The van der Waals surface area contributed by atoms with Gasteiger partial charge in [-0.2, -0.15) is 0 Å². The van der Waals surface area contributed by atoms with Gasteiger partial charge in [0.05, 0.1) is 14.1 Å². The van der Waals surface area contributed by atoms with Crippen LogP contribution in [0.3, 0.4) is 0 Å². The average molecular weight is 254 g/mol. The molecule has 0 saturated carbocycles. The van der Waals surface area contributed by atoms with Crippen LogP contribution in [0.1, 0.15) is 11.1 Å². The van der Waals surface area contributed by atoms with Crippen LogP contribution in [0.25, 0.3) is 0 Å². The van der Waals surface area contributed by atoms with Gasteiger partial charge in [0.15, 0.2) is 0 Å². The normalized spacial score (nSPS) is 17.9. The summed E-state index contributed by atoms with van der Waals surface area (Å²) in [6, 6.07) is 6.21. The molecule has 0 aliphatic carbocycles. The molecular weight excluding hydrogens is 233 g/mol. The maximum atomic E-state index is 11.6. The van der Waals surface area contributed by atoms with Gasteiger partial charge in [0.1, 0.15) is 32.3 Å². The van der Waals surface area contributed by atoms with Crippen molar-refractivity contribution in [3.05, 3.63) is 29.3 Å². The lowest BCUT2D eigenvalue weighted by atomic mass is 10.1. The highest BCUT2D eigenvalue weighted by atomic mass is 31.2. The van der Waals surface area contributed by atoms with Gasteiger partial charge in [-0.1, -0.05) is 0 Å². The summed E-state index contributed by atoms with van der Waals surface area (Å²) in [4.78, 5) is 0. The second kappa shape index (κ2) is 4.15. The molecule has 1 aliphatic rings. The topological polar surface area (TPSA) is 26.3 Å². The van der Waals surface area contributed by atoms with Crippen LogP contribution in [0.4, 0.5) is 0 Å². The Morgan fingerprint density at radius 1 is 1.24 bits per heavy atom. The molecule has 3 nitrogen and oxygen atoms in total. The second-order valence-corrected chi connectivity index (χ2v) is 9.44. The number of fused-ring (bicyclic) bond motifs is 1. The quantitative estimate of drug-likeness (QED) is 0.612. The van der Waals surface area contributed by atoms with Crippen molar-refractivity contribution in [3.8, 4) is 5.75 Å². The lowest BCUT2D eigenvalue weighted by molar-refractivity contribution is -0.910. The van der Waals surface area contributed by atoms with Gasteiger partial charge < -0.3 is 13.8 Å². The summed E-state index contributed by atoms with van der Waals surface area (Å²) in [5.74, 6) is 0.842. The van der Waals surface area contributed by atoms with E-state index in [2.05, 4.69) is 26.2 Å². The Bertz CT molecular complexity index is 476. The smallest absolute Gasteiger partial charge is 0.140 e. The van der Waals surface area contributed by atoms with Crippen molar-refractivity contribution in [3.63, 3.8) is 0 Å². The highest BCUT2D eigenvalue weighted by Crippen LogP contribution is 2.37. The Morgan fingerprint density at radius 2 is 1.88 bits per heavy atom.